The fraction of sp³-hybridized carbons (Fsp3) is 0.692. The van der Waals surface area contributed by atoms with Crippen LogP contribution in [-0.4, -0.2) is 42.7 Å². The van der Waals surface area contributed by atoms with E-state index in [0.29, 0.717) is 12.0 Å². The lowest BCUT2D eigenvalue weighted by Crippen LogP contribution is -2.30. The molecule has 1 saturated carbocycles. The van der Waals surface area contributed by atoms with Gasteiger partial charge < -0.3 is 21.3 Å². The average molecular weight is 372 g/mol. The standard InChI is InChI=1S/C13H22N6.3ClH/c1-15-10-4-5-19(8-10)12-6-11(17-13(14)18-12)16-7-9-2-3-9;;;/h6,9-10,15H,2-5,7-8H2,1H3,(H3,14,16,17,18);3*1H/t10-;;;/m1.../s1. The SMILES string of the molecule is CN[C@@H]1CCN(c2cc(NCC3CC3)nc(N)n2)C1.Cl.Cl.Cl. The summed E-state index contributed by atoms with van der Waals surface area (Å²) in [5.41, 5.74) is 5.81. The normalized spacial score (nSPS) is 19.7. The highest BCUT2D eigenvalue weighted by atomic mass is 35.5. The first-order valence-electron chi connectivity index (χ1n) is 7.05. The maximum Gasteiger partial charge on any atom is 0.223 e. The van der Waals surface area contributed by atoms with Crippen molar-refractivity contribution in [3.63, 3.8) is 0 Å². The van der Waals surface area contributed by atoms with Gasteiger partial charge in [0.25, 0.3) is 0 Å². The summed E-state index contributed by atoms with van der Waals surface area (Å²) in [6.45, 7) is 2.99. The van der Waals surface area contributed by atoms with Crippen molar-refractivity contribution in [2.45, 2.75) is 25.3 Å². The first-order valence-corrected chi connectivity index (χ1v) is 7.05. The number of halogens is 3. The van der Waals surface area contributed by atoms with Gasteiger partial charge in [0.15, 0.2) is 0 Å². The first kappa shape index (κ1) is 21.3. The van der Waals surface area contributed by atoms with Crippen molar-refractivity contribution in [1.29, 1.82) is 0 Å². The van der Waals surface area contributed by atoms with Gasteiger partial charge in [-0.1, -0.05) is 0 Å². The Balaban J connectivity index is 0.00000147. The number of nitrogen functional groups attached to an aromatic ring is 1. The molecule has 0 amide bonds. The van der Waals surface area contributed by atoms with Crippen LogP contribution in [0.3, 0.4) is 0 Å². The number of hydrogen-bond acceptors (Lipinski definition) is 6. The third-order valence-electron chi connectivity index (χ3n) is 3.92. The van der Waals surface area contributed by atoms with Crippen molar-refractivity contribution in [3.05, 3.63) is 6.07 Å². The van der Waals surface area contributed by atoms with Crippen molar-refractivity contribution in [3.8, 4) is 0 Å². The Morgan fingerprint density at radius 1 is 1.23 bits per heavy atom. The van der Waals surface area contributed by atoms with Gasteiger partial charge in [-0.25, -0.2) is 0 Å². The molecule has 0 spiro atoms. The summed E-state index contributed by atoms with van der Waals surface area (Å²) in [4.78, 5) is 10.9. The van der Waals surface area contributed by atoms with Gasteiger partial charge in [-0.05, 0) is 32.2 Å². The summed E-state index contributed by atoms with van der Waals surface area (Å²) in [6.07, 6.45) is 3.80. The smallest absolute Gasteiger partial charge is 0.223 e. The second-order valence-electron chi connectivity index (χ2n) is 5.51. The Morgan fingerprint density at radius 3 is 2.55 bits per heavy atom. The molecule has 4 N–H and O–H groups in total. The van der Waals surface area contributed by atoms with Crippen LogP contribution in [0, 0.1) is 5.92 Å². The van der Waals surface area contributed by atoms with Gasteiger partial charge in [-0.15, -0.1) is 37.2 Å². The molecule has 1 atom stereocenters. The molecule has 2 fully saturated rings. The highest BCUT2D eigenvalue weighted by Crippen LogP contribution is 2.29. The van der Waals surface area contributed by atoms with E-state index in [9.17, 15) is 0 Å². The maximum absolute atomic E-state index is 5.81. The summed E-state index contributed by atoms with van der Waals surface area (Å²) < 4.78 is 0. The number of likely N-dealkylation sites (N-methyl/N-ethyl adjacent to an activating group) is 1. The minimum absolute atomic E-state index is 0. The highest BCUT2D eigenvalue weighted by molar-refractivity contribution is 5.86. The zero-order valence-corrected chi connectivity index (χ0v) is 15.1. The average Bonchev–Trinajstić information content (AvgIpc) is 3.11. The zero-order valence-electron chi connectivity index (χ0n) is 12.6. The molecule has 0 bridgehead atoms. The number of hydrogen-bond donors (Lipinski definition) is 3. The maximum atomic E-state index is 5.81. The van der Waals surface area contributed by atoms with E-state index in [-0.39, 0.29) is 37.2 Å². The minimum atomic E-state index is 0. The third kappa shape index (κ3) is 5.50. The lowest BCUT2D eigenvalue weighted by atomic mass is 10.3. The predicted octanol–water partition coefficient (Wildman–Crippen LogP) is 1.94. The van der Waals surface area contributed by atoms with Gasteiger partial charge in [0, 0.05) is 31.7 Å². The molecule has 128 valence electrons. The molecule has 0 radical (unpaired) electrons. The summed E-state index contributed by atoms with van der Waals surface area (Å²) in [7, 11) is 2.01. The Labute approximate surface area is 150 Å². The van der Waals surface area contributed by atoms with Crippen molar-refractivity contribution in [2.75, 3.05) is 42.6 Å². The second-order valence-corrected chi connectivity index (χ2v) is 5.51. The molecule has 1 aliphatic carbocycles. The monoisotopic (exact) mass is 370 g/mol. The molecule has 2 aliphatic rings. The molecule has 3 rings (SSSR count). The number of anilines is 3. The molecule has 1 saturated heterocycles. The Bertz CT molecular complexity index is 457. The molecule has 22 heavy (non-hydrogen) atoms. The van der Waals surface area contributed by atoms with E-state index in [1.807, 2.05) is 13.1 Å². The lowest BCUT2D eigenvalue weighted by molar-refractivity contribution is 0.616. The van der Waals surface area contributed by atoms with Crippen molar-refractivity contribution in [2.24, 2.45) is 5.92 Å². The van der Waals surface area contributed by atoms with Gasteiger partial charge in [0.2, 0.25) is 5.95 Å². The van der Waals surface area contributed by atoms with Crippen LogP contribution in [0.5, 0.6) is 0 Å². The molecule has 1 aromatic rings. The quantitative estimate of drug-likeness (QED) is 0.734. The summed E-state index contributed by atoms with van der Waals surface area (Å²) in [5, 5.41) is 6.67. The van der Waals surface area contributed by atoms with Crippen LogP contribution in [0.15, 0.2) is 6.07 Å². The van der Waals surface area contributed by atoms with Crippen molar-refractivity contribution in [1.82, 2.24) is 15.3 Å². The number of rotatable bonds is 5. The van der Waals surface area contributed by atoms with Gasteiger partial charge in [0.05, 0.1) is 0 Å². The fourth-order valence-electron chi connectivity index (χ4n) is 2.48. The zero-order chi connectivity index (χ0) is 13.2. The molecule has 9 heteroatoms. The van der Waals surface area contributed by atoms with E-state index in [4.69, 9.17) is 5.73 Å². The Hall–Kier alpha value is -0.690. The second kappa shape index (κ2) is 9.45. The number of nitrogens with zero attached hydrogens (tertiary/aromatic N) is 3. The van der Waals surface area contributed by atoms with Crippen LogP contribution < -0.4 is 21.3 Å². The van der Waals surface area contributed by atoms with Crippen LogP contribution in [0.25, 0.3) is 0 Å². The summed E-state index contributed by atoms with van der Waals surface area (Å²) in [6, 6.07) is 2.55. The van der Waals surface area contributed by atoms with E-state index in [2.05, 4.69) is 25.5 Å². The Morgan fingerprint density at radius 2 is 1.95 bits per heavy atom. The number of nitrogens with one attached hydrogen (secondary N) is 2. The minimum Gasteiger partial charge on any atom is -0.370 e. The van der Waals surface area contributed by atoms with Crippen molar-refractivity contribution >= 4 is 54.8 Å². The van der Waals surface area contributed by atoms with Crippen LogP contribution >= 0.6 is 37.2 Å². The van der Waals surface area contributed by atoms with Gasteiger partial charge >= 0.3 is 0 Å². The van der Waals surface area contributed by atoms with Gasteiger partial charge in [-0.2, -0.15) is 9.97 Å². The largest absolute Gasteiger partial charge is 0.370 e. The van der Waals surface area contributed by atoms with E-state index >= 15 is 0 Å². The summed E-state index contributed by atoms with van der Waals surface area (Å²) in [5.74, 6) is 2.95. The number of aromatic nitrogens is 2. The third-order valence-corrected chi connectivity index (χ3v) is 3.92. The lowest BCUT2D eigenvalue weighted by Gasteiger charge is -2.18. The van der Waals surface area contributed by atoms with Gasteiger partial charge in [-0.3, -0.25) is 0 Å². The predicted molar refractivity (Wildman–Crippen MR) is 99.1 cm³/mol. The van der Waals surface area contributed by atoms with Crippen LogP contribution in [0.1, 0.15) is 19.3 Å². The van der Waals surface area contributed by atoms with Crippen LogP contribution in [-0.2, 0) is 0 Å². The van der Waals surface area contributed by atoms with E-state index in [0.717, 1.165) is 43.6 Å². The molecule has 2 heterocycles. The molecule has 1 aromatic heterocycles. The van der Waals surface area contributed by atoms with E-state index in [1.165, 1.54) is 12.8 Å². The molecular formula is C13H25Cl3N6. The number of nitrogens with two attached hydrogens (primary N) is 1. The molecule has 0 unspecified atom stereocenters. The fourth-order valence-corrected chi connectivity index (χ4v) is 2.48. The molecule has 6 nitrogen and oxygen atoms in total. The van der Waals surface area contributed by atoms with E-state index in [1.54, 1.807) is 0 Å². The summed E-state index contributed by atoms with van der Waals surface area (Å²) >= 11 is 0. The van der Waals surface area contributed by atoms with Gasteiger partial charge in [0.1, 0.15) is 11.6 Å². The molecule has 0 aromatic carbocycles. The first-order chi connectivity index (χ1) is 9.24. The van der Waals surface area contributed by atoms with Crippen molar-refractivity contribution < 1.29 is 0 Å². The topological polar surface area (TPSA) is 79.1 Å². The van der Waals surface area contributed by atoms with Crippen LogP contribution in [0.4, 0.5) is 17.6 Å². The Kier molecular flexibility index (Phi) is 9.15. The highest BCUT2D eigenvalue weighted by Gasteiger charge is 2.24. The molecule has 1 aliphatic heterocycles. The van der Waals surface area contributed by atoms with E-state index < -0.39 is 0 Å². The van der Waals surface area contributed by atoms with Crippen LogP contribution in [0.2, 0.25) is 0 Å². The molecular weight excluding hydrogens is 347 g/mol.